The van der Waals surface area contributed by atoms with Crippen molar-refractivity contribution >= 4 is 35.4 Å². The third-order valence-corrected chi connectivity index (χ3v) is 5.09. The Balaban J connectivity index is 1.67. The Morgan fingerprint density at radius 2 is 1.81 bits per heavy atom. The first-order chi connectivity index (χ1) is 15.2. The van der Waals surface area contributed by atoms with Gasteiger partial charge < -0.3 is 10.3 Å². The Morgan fingerprint density at radius 1 is 1.10 bits per heavy atom. The molecule has 3 rings (SSSR count). The van der Waals surface area contributed by atoms with Crippen molar-refractivity contribution < 1.29 is 9.21 Å². The first-order valence-electron chi connectivity index (χ1n) is 9.50. The average Bonchev–Trinajstić information content (AvgIpc) is 3.32. The van der Waals surface area contributed by atoms with Crippen LogP contribution in [0.15, 0.2) is 105 Å². The molecular weight excluding hydrogens is 410 g/mol. The normalized spacial score (nSPS) is 11.4. The van der Waals surface area contributed by atoms with E-state index < -0.39 is 0 Å². The molecule has 0 spiro atoms. The molecule has 3 N–H and O–H groups in total. The summed E-state index contributed by atoms with van der Waals surface area (Å²) in [6, 6.07) is 23.0. The summed E-state index contributed by atoms with van der Waals surface area (Å²) in [7, 11) is 0. The first kappa shape index (κ1) is 21.9. The maximum Gasteiger partial charge on any atom is 0.250 e. The van der Waals surface area contributed by atoms with E-state index in [9.17, 15) is 4.79 Å². The molecule has 1 heterocycles. The molecule has 8 heteroatoms. The topological polar surface area (TPSA) is 96.2 Å². The van der Waals surface area contributed by atoms with Crippen LogP contribution in [-0.2, 0) is 11.2 Å². The van der Waals surface area contributed by atoms with Crippen molar-refractivity contribution in [2.45, 2.75) is 6.42 Å². The molecule has 0 radical (unpaired) electrons. The number of furan rings is 1. The number of benzene rings is 2. The van der Waals surface area contributed by atoms with Crippen LogP contribution in [0.2, 0.25) is 0 Å². The minimum absolute atomic E-state index is 0.126. The molecular formula is C23H23N5O2S. The molecule has 158 valence electrons. The monoisotopic (exact) mass is 433 g/mol. The molecule has 0 aliphatic carbocycles. The molecule has 1 aromatic heterocycles. The van der Waals surface area contributed by atoms with Crippen LogP contribution in [0, 0.1) is 0 Å². The quantitative estimate of drug-likeness (QED) is 0.230. The highest BCUT2D eigenvalue weighted by molar-refractivity contribution is 8.03. The van der Waals surface area contributed by atoms with Gasteiger partial charge in [-0.3, -0.25) is 9.69 Å². The van der Waals surface area contributed by atoms with Crippen LogP contribution in [0.25, 0.3) is 0 Å². The molecule has 0 saturated carbocycles. The highest BCUT2D eigenvalue weighted by atomic mass is 32.2. The molecule has 0 atom stereocenters. The average molecular weight is 434 g/mol. The molecule has 1 amide bonds. The smallest absolute Gasteiger partial charge is 0.250 e. The highest BCUT2D eigenvalue weighted by Crippen LogP contribution is 2.27. The molecule has 0 fully saturated rings. The summed E-state index contributed by atoms with van der Waals surface area (Å²) >= 11 is 1.28. The molecule has 2 aromatic carbocycles. The third kappa shape index (κ3) is 6.61. The van der Waals surface area contributed by atoms with Gasteiger partial charge >= 0.3 is 0 Å². The standard InChI is InChI=1S/C23H23N5O2S/c1-18(31-17-23(29)27-25-16-21-13-8-14-30-21)28(20-11-6-3-7-12-20)22(26-24)15-19-9-4-2-5-10-19/h2-14,16H,1,15,17,24H2,(H,27,29)/b25-16+,26-22-. The zero-order valence-electron chi connectivity index (χ0n) is 16.8. The number of nitrogens with zero attached hydrogens (tertiary/aromatic N) is 3. The number of anilines is 1. The Labute approximate surface area is 185 Å². The largest absolute Gasteiger partial charge is 0.463 e. The lowest BCUT2D eigenvalue weighted by Gasteiger charge is -2.27. The van der Waals surface area contributed by atoms with Crippen LogP contribution in [0.1, 0.15) is 11.3 Å². The SMILES string of the molecule is C=C(SCC(=O)N/N=C/c1ccco1)N(/C(Cc1ccccc1)=N\N)c1ccccc1. The molecule has 7 nitrogen and oxygen atoms in total. The Kier molecular flexibility index (Phi) is 8.07. The molecule has 0 aliphatic rings. The fourth-order valence-electron chi connectivity index (χ4n) is 2.75. The highest BCUT2D eigenvalue weighted by Gasteiger charge is 2.19. The number of nitrogens with one attached hydrogen (secondary N) is 1. The second-order valence-corrected chi connectivity index (χ2v) is 7.42. The minimum Gasteiger partial charge on any atom is -0.463 e. The number of amidine groups is 1. The fourth-order valence-corrected chi connectivity index (χ4v) is 3.46. The van der Waals surface area contributed by atoms with Crippen molar-refractivity contribution in [3.05, 3.63) is 102 Å². The van der Waals surface area contributed by atoms with Gasteiger partial charge in [0.2, 0.25) is 5.91 Å². The van der Waals surface area contributed by atoms with Crippen LogP contribution in [0.5, 0.6) is 0 Å². The zero-order chi connectivity index (χ0) is 21.9. The maximum absolute atomic E-state index is 12.2. The van der Waals surface area contributed by atoms with Crippen LogP contribution in [-0.4, -0.2) is 23.7 Å². The zero-order valence-corrected chi connectivity index (χ0v) is 17.7. The van der Waals surface area contributed by atoms with Crippen molar-refractivity contribution in [3.8, 4) is 0 Å². The van der Waals surface area contributed by atoms with E-state index in [-0.39, 0.29) is 11.7 Å². The van der Waals surface area contributed by atoms with E-state index in [4.69, 9.17) is 10.3 Å². The minimum atomic E-state index is -0.267. The maximum atomic E-state index is 12.2. The van der Waals surface area contributed by atoms with Crippen LogP contribution >= 0.6 is 11.8 Å². The number of hydrogen-bond acceptors (Lipinski definition) is 6. The lowest BCUT2D eigenvalue weighted by atomic mass is 10.1. The lowest BCUT2D eigenvalue weighted by Crippen LogP contribution is -2.32. The van der Waals surface area contributed by atoms with Gasteiger partial charge in [-0.05, 0) is 29.8 Å². The van der Waals surface area contributed by atoms with E-state index in [2.05, 4.69) is 22.2 Å². The van der Waals surface area contributed by atoms with Gasteiger partial charge in [0, 0.05) is 12.1 Å². The van der Waals surface area contributed by atoms with Crippen molar-refractivity contribution in [1.29, 1.82) is 0 Å². The van der Waals surface area contributed by atoms with Gasteiger partial charge in [0.15, 0.2) is 0 Å². The number of hydrazone groups is 2. The molecule has 3 aromatic rings. The number of nitrogens with two attached hydrogens (primary N) is 1. The summed E-state index contributed by atoms with van der Waals surface area (Å²) < 4.78 is 5.13. The number of carbonyl (C=O) groups excluding carboxylic acids is 1. The number of hydrogen-bond donors (Lipinski definition) is 2. The van der Waals surface area contributed by atoms with Crippen LogP contribution in [0.3, 0.4) is 0 Å². The van der Waals surface area contributed by atoms with Gasteiger partial charge in [0.1, 0.15) is 11.6 Å². The summed E-state index contributed by atoms with van der Waals surface area (Å²) in [5.74, 6) is 6.78. The summed E-state index contributed by atoms with van der Waals surface area (Å²) in [6.45, 7) is 4.15. The Morgan fingerprint density at radius 3 is 2.45 bits per heavy atom. The predicted molar refractivity (Wildman–Crippen MR) is 127 cm³/mol. The van der Waals surface area contributed by atoms with Crippen molar-refractivity contribution in [3.63, 3.8) is 0 Å². The molecule has 0 saturated heterocycles. The third-order valence-electron chi connectivity index (χ3n) is 4.17. The number of amides is 1. The number of rotatable bonds is 9. The second kappa shape index (κ2) is 11.4. The number of para-hydroxylation sites is 1. The molecule has 0 aliphatic heterocycles. The van der Waals surface area contributed by atoms with E-state index in [0.717, 1.165) is 11.3 Å². The summed E-state index contributed by atoms with van der Waals surface area (Å²) in [5, 5.41) is 8.53. The molecule has 0 unspecified atom stereocenters. The molecule has 0 bridgehead atoms. The van der Waals surface area contributed by atoms with E-state index in [1.165, 1.54) is 24.2 Å². The first-order valence-corrected chi connectivity index (χ1v) is 10.5. The van der Waals surface area contributed by atoms with Gasteiger partial charge in [-0.1, -0.05) is 66.9 Å². The lowest BCUT2D eigenvalue weighted by molar-refractivity contribution is -0.118. The van der Waals surface area contributed by atoms with E-state index in [1.54, 1.807) is 12.1 Å². The van der Waals surface area contributed by atoms with E-state index in [1.807, 2.05) is 65.6 Å². The van der Waals surface area contributed by atoms with Crippen molar-refractivity contribution in [2.24, 2.45) is 16.0 Å². The van der Waals surface area contributed by atoms with Gasteiger partial charge in [-0.2, -0.15) is 10.2 Å². The van der Waals surface area contributed by atoms with Crippen molar-refractivity contribution in [2.75, 3.05) is 10.7 Å². The fraction of sp³-hybridized carbons (Fsp3) is 0.0870. The second-order valence-electron chi connectivity index (χ2n) is 6.37. The van der Waals surface area contributed by atoms with Gasteiger partial charge in [-0.15, -0.1) is 0 Å². The van der Waals surface area contributed by atoms with Crippen LogP contribution < -0.4 is 16.2 Å². The van der Waals surface area contributed by atoms with E-state index >= 15 is 0 Å². The number of carbonyl (C=O) groups is 1. The van der Waals surface area contributed by atoms with Crippen molar-refractivity contribution in [1.82, 2.24) is 5.43 Å². The van der Waals surface area contributed by atoms with E-state index in [0.29, 0.717) is 23.0 Å². The summed E-state index contributed by atoms with van der Waals surface area (Å²) in [6.07, 6.45) is 3.49. The van der Waals surface area contributed by atoms with Gasteiger partial charge in [0.05, 0.1) is 23.3 Å². The molecule has 31 heavy (non-hydrogen) atoms. The summed E-state index contributed by atoms with van der Waals surface area (Å²) in [5.41, 5.74) is 4.40. The Hall–Kier alpha value is -3.78. The predicted octanol–water partition coefficient (Wildman–Crippen LogP) is 3.96. The van der Waals surface area contributed by atoms with Gasteiger partial charge in [-0.25, -0.2) is 5.43 Å². The Bertz CT molecular complexity index is 1030. The summed E-state index contributed by atoms with van der Waals surface area (Å²) in [4.78, 5) is 14.0. The van der Waals surface area contributed by atoms with Gasteiger partial charge in [0.25, 0.3) is 0 Å². The number of thioether (sulfide) groups is 1. The van der Waals surface area contributed by atoms with Crippen LogP contribution in [0.4, 0.5) is 5.69 Å².